The minimum Gasteiger partial charge on any atom is -0.337 e. The first-order valence-electron chi connectivity index (χ1n) is 8.05. The Morgan fingerprint density at radius 2 is 2.05 bits per heavy atom. The van der Waals surface area contributed by atoms with Crippen LogP contribution in [-0.4, -0.2) is 57.8 Å². The van der Waals surface area contributed by atoms with Gasteiger partial charge in [0.25, 0.3) is 5.91 Å². The van der Waals surface area contributed by atoms with Gasteiger partial charge in [0.15, 0.2) is 0 Å². The van der Waals surface area contributed by atoms with Gasteiger partial charge in [0.2, 0.25) is 0 Å². The highest BCUT2D eigenvalue weighted by Gasteiger charge is 2.34. The third kappa shape index (κ3) is 2.29. The lowest BCUT2D eigenvalue weighted by atomic mass is 9.96. The van der Waals surface area contributed by atoms with Gasteiger partial charge in [-0.15, -0.1) is 0 Å². The summed E-state index contributed by atoms with van der Waals surface area (Å²) in [5.41, 5.74) is 2.62. The SMILES string of the molecule is Cc1cn2cc(C(=O)N3C[C@@H]4CC[C@H](C3)N(C)C4)ccc2n1. The molecule has 5 heterocycles. The van der Waals surface area contributed by atoms with Gasteiger partial charge in [0.1, 0.15) is 5.65 Å². The quantitative estimate of drug-likeness (QED) is 0.806. The Balaban J connectivity index is 1.62. The third-order valence-electron chi connectivity index (χ3n) is 5.09. The van der Waals surface area contributed by atoms with Crippen molar-refractivity contribution < 1.29 is 4.79 Å². The first-order valence-corrected chi connectivity index (χ1v) is 8.05. The van der Waals surface area contributed by atoms with Crippen molar-refractivity contribution in [3.8, 4) is 0 Å². The lowest BCUT2D eigenvalue weighted by Gasteiger charge is -2.32. The van der Waals surface area contributed by atoms with E-state index in [1.54, 1.807) is 0 Å². The van der Waals surface area contributed by atoms with Crippen LogP contribution in [0, 0.1) is 12.8 Å². The first kappa shape index (κ1) is 13.8. The van der Waals surface area contributed by atoms with Gasteiger partial charge in [0, 0.05) is 38.1 Å². The molecule has 1 amide bonds. The average Bonchev–Trinajstić information content (AvgIpc) is 2.66. The number of aromatic nitrogens is 2. The van der Waals surface area contributed by atoms with E-state index in [9.17, 15) is 4.79 Å². The lowest BCUT2D eigenvalue weighted by Crippen LogP contribution is -2.41. The van der Waals surface area contributed by atoms with Crippen LogP contribution in [-0.2, 0) is 0 Å². The average molecular weight is 298 g/mol. The Labute approximate surface area is 130 Å². The summed E-state index contributed by atoms with van der Waals surface area (Å²) in [6.45, 7) is 4.83. The van der Waals surface area contributed by atoms with Gasteiger partial charge < -0.3 is 14.2 Å². The topological polar surface area (TPSA) is 40.9 Å². The highest BCUT2D eigenvalue weighted by atomic mass is 16.2. The Hall–Kier alpha value is -1.88. The maximum atomic E-state index is 12.9. The number of piperidine rings is 1. The van der Waals surface area contributed by atoms with E-state index < -0.39 is 0 Å². The van der Waals surface area contributed by atoms with Crippen molar-refractivity contribution in [2.75, 3.05) is 26.7 Å². The highest BCUT2D eigenvalue weighted by molar-refractivity contribution is 5.94. The van der Waals surface area contributed by atoms with Crippen molar-refractivity contribution in [1.82, 2.24) is 19.2 Å². The molecule has 2 aromatic heterocycles. The molecule has 0 unspecified atom stereocenters. The molecule has 3 fully saturated rings. The Morgan fingerprint density at radius 3 is 2.86 bits per heavy atom. The molecule has 3 aliphatic heterocycles. The molecule has 0 aromatic carbocycles. The number of imidazole rings is 1. The van der Waals surface area contributed by atoms with Crippen molar-refractivity contribution in [2.24, 2.45) is 5.92 Å². The summed E-state index contributed by atoms with van der Waals surface area (Å²) in [6, 6.07) is 4.35. The zero-order valence-corrected chi connectivity index (χ0v) is 13.2. The van der Waals surface area contributed by atoms with Gasteiger partial charge in [-0.3, -0.25) is 4.79 Å². The predicted octanol–water partition coefficient (Wildman–Crippen LogP) is 1.81. The maximum absolute atomic E-state index is 12.9. The fourth-order valence-electron chi connectivity index (χ4n) is 3.91. The van der Waals surface area contributed by atoms with Crippen molar-refractivity contribution >= 4 is 11.6 Å². The summed E-state index contributed by atoms with van der Waals surface area (Å²) < 4.78 is 1.95. The van der Waals surface area contributed by atoms with Gasteiger partial charge in [-0.2, -0.15) is 0 Å². The molecule has 0 spiro atoms. The summed E-state index contributed by atoms with van der Waals surface area (Å²) in [5, 5.41) is 0. The molecule has 5 rings (SSSR count). The fraction of sp³-hybridized carbons (Fsp3) is 0.529. The second-order valence-corrected chi connectivity index (χ2v) is 6.81. The Bertz CT molecular complexity index is 723. The van der Waals surface area contributed by atoms with E-state index in [1.165, 1.54) is 12.8 Å². The molecule has 22 heavy (non-hydrogen) atoms. The molecule has 5 nitrogen and oxygen atoms in total. The number of carbonyl (C=O) groups is 1. The number of pyridine rings is 1. The fourth-order valence-corrected chi connectivity index (χ4v) is 3.91. The van der Waals surface area contributed by atoms with Gasteiger partial charge in [-0.1, -0.05) is 0 Å². The lowest BCUT2D eigenvalue weighted by molar-refractivity contribution is 0.0742. The van der Waals surface area contributed by atoms with Crippen LogP contribution in [0.5, 0.6) is 0 Å². The molecule has 3 saturated heterocycles. The van der Waals surface area contributed by atoms with Crippen molar-refractivity contribution in [3.63, 3.8) is 0 Å². The zero-order valence-electron chi connectivity index (χ0n) is 13.2. The number of rotatable bonds is 1. The number of amides is 1. The van der Waals surface area contributed by atoms with Crippen molar-refractivity contribution in [1.29, 1.82) is 0 Å². The van der Waals surface area contributed by atoms with E-state index in [4.69, 9.17) is 0 Å². The van der Waals surface area contributed by atoms with Crippen LogP contribution in [0.15, 0.2) is 24.5 Å². The monoisotopic (exact) mass is 298 g/mol. The largest absolute Gasteiger partial charge is 0.337 e. The normalized spacial score (nSPS) is 25.6. The summed E-state index contributed by atoms with van der Waals surface area (Å²) in [4.78, 5) is 21.8. The van der Waals surface area contributed by atoms with Gasteiger partial charge in [-0.05, 0) is 44.9 Å². The molecule has 0 aliphatic carbocycles. The second-order valence-electron chi connectivity index (χ2n) is 6.81. The third-order valence-corrected chi connectivity index (χ3v) is 5.09. The summed E-state index contributed by atoms with van der Waals surface area (Å²) >= 11 is 0. The molecule has 2 atom stereocenters. The molecule has 3 aliphatic rings. The molecule has 116 valence electrons. The summed E-state index contributed by atoms with van der Waals surface area (Å²) in [5.74, 6) is 0.771. The molecular weight excluding hydrogens is 276 g/mol. The van der Waals surface area contributed by atoms with Crippen LogP contribution in [0.3, 0.4) is 0 Å². The summed E-state index contributed by atoms with van der Waals surface area (Å²) in [6.07, 6.45) is 6.34. The van der Waals surface area contributed by atoms with Gasteiger partial charge >= 0.3 is 0 Å². The first-order chi connectivity index (χ1) is 10.6. The maximum Gasteiger partial charge on any atom is 0.255 e. The molecule has 0 radical (unpaired) electrons. The van der Waals surface area contributed by atoms with Crippen LogP contribution < -0.4 is 0 Å². The zero-order chi connectivity index (χ0) is 15.3. The highest BCUT2D eigenvalue weighted by Crippen LogP contribution is 2.27. The van der Waals surface area contributed by atoms with Gasteiger partial charge in [0.05, 0.1) is 11.3 Å². The van der Waals surface area contributed by atoms with Crippen molar-refractivity contribution in [3.05, 3.63) is 35.8 Å². The van der Waals surface area contributed by atoms with Crippen LogP contribution in [0.4, 0.5) is 0 Å². The molecule has 2 bridgehead atoms. The summed E-state index contributed by atoms with van der Waals surface area (Å²) in [7, 11) is 2.19. The number of likely N-dealkylation sites (N-methyl/N-ethyl adjacent to an activating group) is 1. The second kappa shape index (κ2) is 5.09. The Kier molecular flexibility index (Phi) is 3.18. The van der Waals surface area contributed by atoms with Crippen LogP contribution >= 0.6 is 0 Å². The number of nitrogens with zero attached hydrogens (tertiary/aromatic N) is 4. The molecule has 2 aromatic rings. The van der Waals surface area contributed by atoms with E-state index in [0.717, 1.165) is 36.5 Å². The predicted molar refractivity (Wildman–Crippen MR) is 85.0 cm³/mol. The molecule has 0 N–H and O–H groups in total. The van der Waals surface area contributed by atoms with Crippen LogP contribution in [0.2, 0.25) is 0 Å². The van der Waals surface area contributed by atoms with Crippen molar-refractivity contribution in [2.45, 2.75) is 25.8 Å². The molecule has 5 heteroatoms. The molecule has 0 saturated carbocycles. The van der Waals surface area contributed by atoms with E-state index in [0.29, 0.717) is 12.0 Å². The number of hydrogen-bond donors (Lipinski definition) is 0. The standard InChI is InChI=1S/C17H22N4O/c1-12-7-20-10-14(4-6-16(20)18-12)17(22)21-9-13-3-5-15(11-21)19(2)8-13/h4,6-7,10,13,15H,3,5,8-9,11H2,1-2H3/t13-,15-/m1/s1. The number of aryl methyl sites for hydroxylation is 1. The number of fused-ring (bicyclic) bond motifs is 5. The van der Waals surface area contributed by atoms with E-state index in [1.807, 2.05) is 35.9 Å². The minimum absolute atomic E-state index is 0.153. The van der Waals surface area contributed by atoms with E-state index >= 15 is 0 Å². The smallest absolute Gasteiger partial charge is 0.255 e. The number of hydrogen-bond acceptors (Lipinski definition) is 3. The number of carbonyl (C=O) groups excluding carboxylic acids is 1. The van der Waals surface area contributed by atoms with Crippen LogP contribution in [0.1, 0.15) is 28.9 Å². The Morgan fingerprint density at radius 1 is 1.18 bits per heavy atom. The van der Waals surface area contributed by atoms with E-state index in [2.05, 4.69) is 21.8 Å². The van der Waals surface area contributed by atoms with Gasteiger partial charge in [-0.25, -0.2) is 4.98 Å². The minimum atomic E-state index is 0.153. The van der Waals surface area contributed by atoms with Crippen LogP contribution in [0.25, 0.3) is 5.65 Å². The van der Waals surface area contributed by atoms with E-state index in [-0.39, 0.29) is 5.91 Å². The molecular formula is C17H22N4O.